The van der Waals surface area contributed by atoms with Crippen molar-refractivity contribution in [3.63, 3.8) is 0 Å². The Labute approximate surface area is 141 Å². The van der Waals surface area contributed by atoms with E-state index in [4.69, 9.17) is 4.42 Å². The van der Waals surface area contributed by atoms with Crippen molar-refractivity contribution in [1.82, 2.24) is 10.6 Å². The van der Waals surface area contributed by atoms with Gasteiger partial charge in [-0.2, -0.15) is 0 Å². The molecule has 24 heavy (non-hydrogen) atoms. The van der Waals surface area contributed by atoms with Gasteiger partial charge >= 0.3 is 0 Å². The van der Waals surface area contributed by atoms with Gasteiger partial charge in [-0.05, 0) is 49.7 Å². The number of hydrogen-bond acceptors (Lipinski definition) is 4. The zero-order chi connectivity index (χ0) is 17.4. The molecule has 0 bridgehead atoms. The monoisotopic (exact) mass is 329 g/mol. The average molecular weight is 329 g/mol. The van der Waals surface area contributed by atoms with Crippen molar-refractivity contribution < 1.29 is 14.0 Å². The summed E-state index contributed by atoms with van der Waals surface area (Å²) < 4.78 is 5.14. The summed E-state index contributed by atoms with van der Waals surface area (Å²) in [6.45, 7) is 4.51. The smallest absolute Gasteiger partial charge is 0.251 e. The van der Waals surface area contributed by atoms with E-state index in [-0.39, 0.29) is 24.4 Å². The Morgan fingerprint density at radius 3 is 2.54 bits per heavy atom. The number of rotatable bonds is 8. The number of hydrogen-bond donors (Lipinski definition) is 3. The van der Waals surface area contributed by atoms with Crippen LogP contribution in [0.25, 0.3) is 0 Å². The van der Waals surface area contributed by atoms with Crippen LogP contribution in [-0.2, 0) is 11.3 Å². The first-order valence-corrected chi connectivity index (χ1v) is 8.02. The van der Waals surface area contributed by atoms with Gasteiger partial charge in [-0.25, -0.2) is 0 Å². The van der Waals surface area contributed by atoms with E-state index in [2.05, 4.69) is 16.0 Å². The Morgan fingerprint density at radius 2 is 1.92 bits per heavy atom. The molecular weight excluding hydrogens is 306 g/mol. The van der Waals surface area contributed by atoms with Crippen molar-refractivity contribution in [2.75, 3.05) is 11.9 Å². The highest BCUT2D eigenvalue weighted by atomic mass is 16.3. The fourth-order valence-electron chi connectivity index (χ4n) is 1.99. The number of furan rings is 1. The highest BCUT2D eigenvalue weighted by molar-refractivity contribution is 5.94. The van der Waals surface area contributed by atoms with Gasteiger partial charge in [0.15, 0.2) is 0 Å². The lowest BCUT2D eigenvalue weighted by Gasteiger charge is -2.12. The van der Waals surface area contributed by atoms with Crippen LogP contribution in [-0.4, -0.2) is 24.4 Å². The number of carbonyl (C=O) groups is 2. The predicted molar refractivity (Wildman–Crippen MR) is 92.7 cm³/mol. The van der Waals surface area contributed by atoms with E-state index in [1.807, 2.05) is 13.8 Å². The van der Waals surface area contributed by atoms with E-state index in [0.717, 1.165) is 12.1 Å². The largest absolute Gasteiger partial charge is 0.467 e. The quantitative estimate of drug-likeness (QED) is 0.695. The summed E-state index contributed by atoms with van der Waals surface area (Å²) in [4.78, 5) is 23.7. The molecule has 0 saturated carbocycles. The predicted octanol–water partition coefficient (Wildman–Crippen LogP) is 2.54. The highest BCUT2D eigenvalue weighted by Gasteiger charge is 2.08. The van der Waals surface area contributed by atoms with Crippen LogP contribution in [0.3, 0.4) is 0 Å². The zero-order valence-corrected chi connectivity index (χ0v) is 14.0. The van der Waals surface area contributed by atoms with Crippen LogP contribution in [0.15, 0.2) is 47.1 Å². The molecule has 1 heterocycles. The molecule has 1 unspecified atom stereocenters. The fraction of sp³-hybridized carbons (Fsp3) is 0.333. The third kappa shape index (κ3) is 5.46. The van der Waals surface area contributed by atoms with Crippen LogP contribution in [0.1, 0.15) is 36.4 Å². The Kier molecular flexibility index (Phi) is 6.42. The second kappa shape index (κ2) is 8.76. The molecule has 6 heteroatoms. The third-order valence-corrected chi connectivity index (χ3v) is 3.63. The summed E-state index contributed by atoms with van der Waals surface area (Å²) in [5, 5.41) is 8.69. The number of nitrogens with one attached hydrogen (secondary N) is 3. The topological polar surface area (TPSA) is 83.4 Å². The van der Waals surface area contributed by atoms with Crippen molar-refractivity contribution in [2.45, 2.75) is 32.9 Å². The van der Waals surface area contributed by atoms with E-state index < -0.39 is 0 Å². The Bertz CT molecular complexity index is 651. The number of benzene rings is 1. The Hall–Kier alpha value is -2.76. The average Bonchev–Trinajstić information content (AvgIpc) is 3.12. The second-order valence-corrected chi connectivity index (χ2v) is 5.57. The molecule has 2 rings (SSSR count). The van der Waals surface area contributed by atoms with Gasteiger partial charge in [0.2, 0.25) is 5.91 Å². The minimum Gasteiger partial charge on any atom is -0.467 e. The van der Waals surface area contributed by atoms with Gasteiger partial charge in [-0.3, -0.25) is 9.59 Å². The molecule has 2 aromatic rings. The first kappa shape index (κ1) is 17.6. The SMILES string of the molecule is CCC(C)NC(=O)c1ccc(NCC(=O)NCc2ccco2)cc1. The molecule has 1 aromatic heterocycles. The van der Waals surface area contributed by atoms with Gasteiger partial charge in [0.25, 0.3) is 5.91 Å². The van der Waals surface area contributed by atoms with Crippen LogP contribution in [0.2, 0.25) is 0 Å². The number of amides is 2. The van der Waals surface area contributed by atoms with E-state index in [1.165, 1.54) is 0 Å². The zero-order valence-electron chi connectivity index (χ0n) is 14.0. The van der Waals surface area contributed by atoms with Crippen LogP contribution < -0.4 is 16.0 Å². The molecule has 0 aliphatic heterocycles. The van der Waals surface area contributed by atoms with E-state index >= 15 is 0 Å². The molecule has 2 amide bonds. The van der Waals surface area contributed by atoms with Crippen LogP contribution >= 0.6 is 0 Å². The van der Waals surface area contributed by atoms with Crippen LogP contribution in [0, 0.1) is 0 Å². The molecular formula is C18H23N3O3. The fourth-order valence-corrected chi connectivity index (χ4v) is 1.99. The molecule has 6 nitrogen and oxygen atoms in total. The Morgan fingerprint density at radius 1 is 1.17 bits per heavy atom. The second-order valence-electron chi connectivity index (χ2n) is 5.57. The van der Waals surface area contributed by atoms with E-state index in [9.17, 15) is 9.59 Å². The van der Waals surface area contributed by atoms with Gasteiger partial charge in [-0.15, -0.1) is 0 Å². The molecule has 0 aliphatic rings. The molecule has 0 saturated heterocycles. The van der Waals surface area contributed by atoms with Crippen molar-refractivity contribution in [3.8, 4) is 0 Å². The Balaban J connectivity index is 1.76. The first-order valence-electron chi connectivity index (χ1n) is 8.02. The molecule has 0 aliphatic carbocycles. The maximum Gasteiger partial charge on any atom is 0.251 e. The van der Waals surface area contributed by atoms with Gasteiger partial charge in [0.1, 0.15) is 5.76 Å². The van der Waals surface area contributed by atoms with E-state index in [1.54, 1.807) is 42.7 Å². The summed E-state index contributed by atoms with van der Waals surface area (Å²) in [5.41, 5.74) is 1.38. The summed E-state index contributed by atoms with van der Waals surface area (Å²) in [6.07, 6.45) is 2.46. The van der Waals surface area contributed by atoms with Crippen molar-refractivity contribution >= 4 is 17.5 Å². The molecule has 0 spiro atoms. The van der Waals surface area contributed by atoms with Crippen LogP contribution in [0.4, 0.5) is 5.69 Å². The molecule has 1 atom stereocenters. The van der Waals surface area contributed by atoms with Crippen LogP contribution in [0.5, 0.6) is 0 Å². The third-order valence-electron chi connectivity index (χ3n) is 3.63. The lowest BCUT2D eigenvalue weighted by Crippen LogP contribution is -2.31. The summed E-state index contributed by atoms with van der Waals surface area (Å²) in [5.74, 6) is 0.483. The number of anilines is 1. The minimum absolute atomic E-state index is 0.0907. The highest BCUT2D eigenvalue weighted by Crippen LogP contribution is 2.09. The summed E-state index contributed by atoms with van der Waals surface area (Å²) in [7, 11) is 0. The minimum atomic E-state index is -0.134. The maximum absolute atomic E-state index is 12.0. The lowest BCUT2D eigenvalue weighted by molar-refractivity contribution is -0.119. The molecule has 0 radical (unpaired) electrons. The normalized spacial score (nSPS) is 11.6. The van der Waals surface area contributed by atoms with Gasteiger partial charge in [-0.1, -0.05) is 6.92 Å². The van der Waals surface area contributed by atoms with Crippen molar-refractivity contribution in [1.29, 1.82) is 0 Å². The summed E-state index contributed by atoms with van der Waals surface area (Å²) in [6, 6.07) is 10.8. The molecule has 0 fully saturated rings. The van der Waals surface area contributed by atoms with Crippen molar-refractivity contribution in [2.24, 2.45) is 0 Å². The van der Waals surface area contributed by atoms with Gasteiger partial charge < -0.3 is 20.4 Å². The van der Waals surface area contributed by atoms with E-state index in [0.29, 0.717) is 17.9 Å². The van der Waals surface area contributed by atoms with Gasteiger partial charge in [0, 0.05) is 17.3 Å². The number of carbonyl (C=O) groups excluding carboxylic acids is 2. The maximum atomic E-state index is 12.0. The lowest BCUT2D eigenvalue weighted by atomic mass is 10.1. The summed E-state index contributed by atoms with van der Waals surface area (Å²) >= 11 is 0. The first-order chi connectivity index (χ1) is 11.6. The van der Waals surface area contributed by atoms with Crippen molar-refractivity contribution in [3.05, 3.63) is 54.0 Å². The molecule has 1 aromatic carbocycles. The van der Waals surface area contributed by atoms with Gasteiger partial charge in [0.05, 0.1) is 19.4 Å². The molecule has 3 N–H and O–H groups in total. The standard InChI is InChI=1S/C18H23N3O3/c1-3-13(2)21-18(23)14-6-8-15(9-7-14)19-12-17(22)20-11-16-5-4-10-24-16/h4-10,13,19H,3,11-12H2,1-2H3,(H,20,22)(H,21,23). The molecule has 128 valence electrons.